The van der Waals surface area contributed by atoms with E-state index in [2.05, 4.69) is 0 Å². The van der Waals surface area contributed by atoms with E-state index in [1.807, 2.05) is 18.4 Å². The Morgan fingerprint density at radius 2 is 2.38 bits per heavy atom. The van der Waals surface area contributed by atoms with Crippen LogP contribution in [0.3, 0.4) is 0 Å². The molecule has 0 radical (unpaired) electrons. The van der Waals surface area contributed by atoms with E-state index in [1.54, 1.807) is 5.37 Å². The van der Waals surface area contributed by atoms with Crippen molar-refractivity contribution >= 4 is 16.7 Å². The Balaban J connectivity index is 2.97. The summed E-state index contributed by atoms with van der Waals surface area (Å²) in [5.74, 6) is 0.411. The molecule has 2 heteroatoms. The predicted molar refractivity (Wildman–Crippen MR) is 39.5 cm³/mol. The minimum absolute atomic E-state index is 0.411. The molecule has 0 aromatic carbocycles. The van der Waals surface area contributed by atoms with Crippen molar-refractivity contribution < 1.29 is 5.11 Å². The van der Waals surface area contributed by atoms with Gasteiger partial charge < -0.3 is 5.11 Å². The molecule has 0 aliphatic carbocycles. The van der Waals surface area contributed by atoms with Gasteiger partial charge in [-0.15, -0.1) is 0 Å². The maximum absolute atomic E-state index is 8.94. The highest BCUT2D eigenvalue weighted by atomic mass is 32.1. The molecule has 1 nitrogen and oxygen atoms in total. The van der Waals surface area contributed by atoms with Crippen molar-refractivity contribution in [3.8, 4) is 0 Å². The standard InChI is InChI=1S/C6H8OS/c1-5-2-3-8-4-6(5)7/h2-4,7-8H,1H3. The quantitative estimate of drug-likeness (QED) is 0.375. The average Bonchev–Trinajstić information content (AvgIpc) is 1.77. The number of allylic oxidation sites excluding steroid dienone is 3. The molecule has 0 atom stereocenters. The van der Waals surface area contributed by atoms with Crippen LogP contribution in [0.25, 0.3) is 0 Å². The van der Waals surface area contributed by atoms with Crippen molar-refractivity contribution in [3.63, 3.8) is 0 Å². The molecule has 0 aromatic rings. The lowest BCUT2D eigenvalue weighted by atomic mass is 10.3. The third-order valence-corrected chi connectivity index (χ3v) is 1.73. The van der Waals surface area contributed by atoms with E-state index in [-0.39, 0.29) is 0 Å². The van der Waals surface area contributed by atoms with Gasteiger partial charge in [-0.3, -0.25) is 0 Å². The topological polar surface area (TPSA) is 20.2 Å². The van der Waals surface area contributed by atoms with Gasteiger partial charge in [0.05, 0.1) is 0 Å². The summed E-state index contributed by atoms with van der Waals surface area (Å²) in [4.78, 5) is 0. The molecule has 8 heavy (non-hydrogen) atoms. The zero-order valence-electron chi connectivity index (χ0n) is 4.63. The van der Waals surface area contributed by atoms with E-state index in [0.717, 1.165) is 16.9 Å². The summed E-state index contributed by atoms with van der Waals surface area (Å²) < 4.78 is 0. The molecule has 44 valence electrons. The zero-order valence-corrected chi connectivity index (χ0v) is 5.52. The fraction of sp³-hybridized carbons (Fsp3) is 0.167. The van der Waals surface area contributed by atoms with Crippen LogP contribution in [-0.2, 0) is 0 Å². The Hall–Kier alpha value is -0.500. The number of hydrogen-bond donors (Lipinski definition) is 2. The highest BCUT2D eigenvalue weighted by Gasteiger charge is 1.92. The fourth-order valence-electron chi connectivity index (χ4n) is 0.456. The fourth-order valence-corrected chi connectivity index (χ4v) is 1.20. The highest BCUT2D eigenvalue weighted by Crippen LogP contribution is 2.08. The van der Waals surface area contributed by atoms with E-state index in [1.165, 1.54) is 0 Å². The smallest absolute Gasteiger partial charge is 0.124 e. The number of rotatable bonds is 0. The molecular weight excluding hydrogens is 120 g/mol. The van der Waals surface area contributed by atoms with Gasteiger partial charge in [0.25, 0.3) is 0 Å². The largest absolute Gasteiger partial charge is 0.507 e. The molecular formula is C6H8OS. The summed E-state index contributed by atoms with van der Waals surface area (Å²) in [6.07, 6.45) is 1.91. The molecule has 0 saturated carbocycles. The van der Waals surface area contributed by atoms with E-state index < -0.39 is 0 Å². The van der Waals surface area contributed by atoms with Crippen molar-refractivity contribution in [2.45, 2.75) is 6.92 Å². The first kappa shape index (κ1) is 5.63. The van der Waals surface area contributed by atoms with Crippen LogP contribution < -0.4 is 0 Å². The van der Waals surface area contributed by atoms with Crippen LogP contribution in [0.5, 0.6) is 0 Å². The minimum Gasteiger partial charge on any atom is -0.507 e. The summed E-state index contributed by atoms with van der Waals surface area (Å²) in [5.41, 5.74) is 0.948. The molecule has 0 amide bonds. The van der Waals surface area contributed by atoms with Crippen molar-refractivity contribution in [2.75, 3.05) is 0 Å². The van der Waals surface area contributed by atoms with Crippen LogP contribution in [0, 0.1) is 0 Å². The van der Waals surface area contributed by atoms with Gasteiger partial charge in [-0.1, -0.05) is 6.08 Å². The van der Waals surface area contributed by atoms with Gasteiger partial charge in [-0.2, -0.15) is 11.4 Å². The van der Waals surface area contributed by atoms with Crippen LogP contribution in [-0.4, -0.2) is 10.5 Å². The van der Waals surface area contributed by atoms with Gasteiger partial charge in [0.1, 0.15) is 5.76 Å². The van der Waals surface area contributed by atoms with Crippen LogP contribution in [0.1, 0.15) is 6.92 Å². The molecule has 1 aliphatic rings. The second-order valence-corrected chi connectivity index (χ2v) is 2.52. The van der Waals surface area contributed by atoms with Gasteiger partial charge >= 0.3 is 0 Å². The van der Waals surface area contributed by atoms with E-state index >= 15 is 0 Å². The lowest BCUT2D eigenvalue weighted by Crippen LogP contribution is -1.86. The monoisotopic (exact) mass is 128 g/mol. The molecule has 1 N–H and O–H groups in total. The highest BCUT2D eigenvalue weighted by molar-refractivity contribution is 8.00. The Morgan fingerprint density at radius 1 is 1.62 bits per heavy atom. The zero-order chi connectivity index (χ0) is 5.98. The first-order valence-electron chi connectivity index (χ1n) is 2.40. The summed E-state index contributed by atoms with van der Waals surface area (Å²) in [6.45, 7) is 1.89. The van der Waals surface area contributed by atoms with Crippen molar-refractivity contribution in [2.24, 2.45) is 0 Å². The first-order chi connectivity index (χ1) is 3.80. The number of aliphatic hydroxyl groups is 1. The minimum atomic E-state index is 0.411. The molecule has 0 saturated heterocycles. The third kappa shape index (κ3) is 1.01. The van der Waals surface area contributed by atoms with Gasteiger partial charge in [0.2, 0.25) is 0 Å². The Morgan fingerprint density at radius 3 is 2.75 bits per heavy atom. The van der Waals surface area contributed by atoms with Crippen molar-refractivity contribution in [1.82, 2.24) is 0 Å². The molecule has 1 heterocycles. The van der Waals surface area contributed by atoms with Crippen molar-refractivity contribution in [1.29, 1.82) is 0 Å². The normalized spacial score (nSPS) is 18.6. The summed E-state index contributed by atoms with van der Waals surface area (Å²) in [5, 5.41) is 12.7. The lowest BCUT2D eigenvalue weighted by molar-refractivity contribution is 0.443. The van der Waals surface area contributed by atoms with E-state index in [9.17, 15) is 0 Å². The molecule has 0 bridgehead atoms. The third-order valence-electron chi connectivity index (χ3n) is 1.01. The molecule has 0 fully saturated rings. The average molecular weight is 128 g/mol. The summed E-state index contributed by atoms with van der Waals surface area (Å²) >= 11 is 1.07. The molecule has 0 spiro atoms. The van der Waals surface area contributed by atoms with Crippen LogP contribution in [0.2, 0.25) is 0 Å². The van der Waals surface area contributed by atoms with E-state index in [4.69, 9.17) is 5.11 Å². The number of thiol groups is 1. The van der Waals surface area contributed by atoms with Gasteiger partial charge in [0.15, 0.2) is 0 Å². The maximum atomic E-state index is 8.94. The lowest BCUT2D eigenvalue weighted by Gasteiger charge is -1.97. The van der Waals surface area contributed by atoms with Crippen LogP contribution in [0.4, 0.5) is 0 Å². The second-order valence-electron chi connectivity index (χ2n) is 1.66. The predicted octanol–water partition coefficient (Wildman–Crippen LogP) is 1.61. The molecule has 1 aliphatic heterocycles. The second kappa shape index (κ2) is 2.18. The summed E-state index contributed by atoms with van der Waals surface area (Å²) in [6, 6.07) is 0. The van der Waals surface area contributed by atoms with Gasteiger partial charge in [0, 0.05) is 5.37 Å². The van der Waals surface area contributed by atoms with Gasteiger partial charge in [-0.05, 0) is 17.9 Å². The molecule has 0 unspecified atom stereocenters. The van der Waals surface area contributed by atoms with E-state index in [0.29, 0.717) is 5.76 Å². The Bertz CT molecular complexity index is 157. The Kier molecular flexibility index (Phi) is 1.53. The number of aliphatic hydroxyl groups excluding tert-OH is 1. The van der Waals surface area contributed by atoms with Crippen molar-refractivity contribution in [3.05, 3.63) is 22.8 Å². The molecule has 0 aromatic heterocycles. The molecule has 1 rings (SSSR count). The SMILES string of the molecule is CC1=C(O)C=[SH]C=C1. The summed E-state index contributed by atoms with van der Waals surface area (Å²) in [7, 11) is 0. The first-order valence-corrected chi connectivity index (χ1v) is 3.43. The Labute approximate surface area is 52.3 Å². The van der Waals surface area contributed by atoms with Crippen LogP contribution in [0.15, 0.2) is 22.8 Å². The maximum Gasteiger partial charge on any atom is 0.124 e. The van der Waals surface area contributed by atoms with Gasteiger partial charge in [-0.25, -0.2) is 0 Å². The number of hydrogen-bond acceptors (Lipinski definition) is 1. The van der Waals surface area contributed by atoms with Crippen LogP contribution >= 0.6 is 11.4 Å².